The van der Waals surface area contributed by atoms with Gasteiger partial charge in [0.2, 0.25) is 0 Å². The van der Waals surface area contributed by atoms with Crippen molar-refractivity contribution in [1.82, 2.24) is 20.6 Å². The topological polar surface area (TPSA) is 69.5 Å². The summed E-state index contributed by atoms with van der Waals surface area (Å²) >= 11 is 0. The SMILES string of the molecule is CN1NC=C2N([O-])C=C3N=C(c4ccccc4)N=C3N21. The van der Waals surface area contributed by atoms with Crippen molar-refractivity contribution in [1.29, 1.82) is 0 Å². The van der Waals surface area contributed by atoms with E-state index >= 15 is 0 Å². The number of aliphatic imine (C=N–C) groups is 2. The molecule has 1 N–H and O–H groups in total. The molecular formula is C13H11N6O-. The predicted octanol–water partition coefficient (Wildman–Crippen LogP) is 0.966. The highest BCUT2D eigenvalue weighted by Crippen LogP contribution is 2.29. The number of hydrogen-bond acceptors (Lipinski definition) is 7. The molecule has 0 radical (unpaired) electrons. The van der Waals surface area contributed by atoms with Gasteiger partial charge in [-0.1, -0.05) is 30.3 Å². The number of fused-ring (bicyclic) bond motifs is 3. The lowest BCUT2D eigenvalue weighted by Gasteiger charge is -2.39. The van der Waals surface area contributed by atoms with E-state index in [2.05, 4.69) is 15.4 Å². The summed E-state index contributed by atoms with van der Waals surface area (Å²) in [5.74, 6) is 1.73. The number of nitrogens with zero attached hydrogens (tertiary/aromatic N) is 5. The molecule has 0 bridgehead atoms. The van der Waals surface area contributed by atoms with Crippen molar-refractivity contribution in [3.8, 4) is 0 Å². The van der Waals surface area contributed by atoms with E-state index in [0.717, 1.165) is 10.6 Å². The maximum atomic E-state index is 11.9. The third-order valence-corrected chi connectivity index (χ3v) is 3.26. The van der Waals surface area contributed by atoms with Crippen LogP contribution in [0.4, 0.5) is 0 Å². The summed E-state index contributed by atoms with van der Waals surface area (Å²) in [5.41, 5.74) is 4.44. The van der Waals surface area contributed by atoms with Gasteiger partial charge in [0, 0.05) is 18.8 Å². The van der Waals surface area contributed by atoms with Crippen LogP contribution in [0.1, 0.15) is 5.56 Å². The van der Waals surface area contributed by atoms with Crippen LogP contribution in [0.2, 0.25) is 0 Å². The molecule has 0 saturated carbocycles. The van der Waals surface area contributed by atoms with Crippen molar-refractivity contribution in [3.63, 3.8) is 0 Å². The number of hydrogen-bond donors (Lipinski definition) is 1. The Bertz CT molecular complexity index is 690. The van der Waals surface area contributed by atoms with Crippen LogP contribution in [0.5, 0.6) is 0 Å². The largest absolute Gasteiger partial charge is 0.753 e. The highest BCUT2D eigenvalue weighted by Gasteiger charge is 2.35. The van der Waals surface area contributed by atoms with E-state index in [1.54, 1.807) is 16.3 Å². The Balaban J connectivity index is 1.80. The Morgan fingerprint density at radius 1 is 1.15 bits per heavy atom. The van der Waals surface area contributed by atoms with Crippen molar-refractivity contribution in [2.45, 2.75) is 0 Å². The van der Waals surface area contributed by atoms with Gasteiger partial charge >= 0.3 is 0 Å². The monoisotopic (exact) mass is 267 g/mol. The number of rotatable bonds is 1. The summed E-state index contributed by atoms with van der Waals surface area (Å²) in [4.78, 5) is 8.98. The van der Waals surface area contributed by atoms with Gasteiger partial charge in [-0.3, -0.25) is 0 Å². The van der Waals surface area contributed by atoms with Crippen molar-refractivity contribution < 1.29 is 0 Å². The number of hydrazine groups is 2. The minimum absolute atomic E-state index is 0.472. The zero-order chi connectivity index (χ0) is 13.7. The molecule has 0 amide bonds. The maximum absolute atomic E-state index is 11.9. The zero-order valence-corrected chi connectivity index (χ0v) is 10.7. The first kappa shape index (κ1) is 11.2. The van der Waals surface area contributed by atoms with Crippen LogP contribution in [0.3, 0.4) is 0 Å². The molecule has 1 aromatic rings. The maximum Gasteiger partial charge on any atom is 0.180 e. The van der Waals surface area contributed by atoms with E-state index in [0.29, 0.717) is 23.2 Å². The van der Waals surface area contributed by atoms with Gasteiger partial charge in [-0.05, 0) is 0 Å². The fourth-order valence-electron chi connectivity index (χ4n) is 2.31. The molecule has 0 fully saturated rings. The first-order valence-corrected chi connectivity index (χ1v) is 6.15. The van der Waals surface area contributed by atoms with Crippen molar-refractivity contribution in [3.05, 3.63) is 65.0 Å². The van der Waals surface area contributed by atoms with Crippen LogP contribution in [0.25, 0.3) is 0 Å². The molecule has 0 aliphatic carbocycles. The van der Waals surface area contributed by atoms with Crippen molar-refractivity contribution in [2.24, 2.45) is 9.98 Å². The second-order valence-electron chi connectivity index (χ2n) is 4.54. The lowest BCUT2D eigenvalue weighted by atomic mass is 10.2. The summed E-state index contributed by atoms with van der Waals surface area (Å²) in [7, 11) is 1.81. The molecule has 20 heavy (non-hydrogen) atoms. The second kappa shape index (κ2) is 3.92. The molecule has 1 aromatic carbocycles. The van der Waals surface area contributed by atoms with Gasteiger partial charge in [0.25, 0.3) is 0 Å². The zero-order valence-electron chi connectivity index (χ0n) is 10.7. The molecule has 0 unspecified atom stereocenters. The molecule has 0 spiro atoms. The van der Waals surface area contributed by atoms with Gasteiger partial charge in [0.15, 0.2) is 11.7 Å². The van der Waals surface area contributed by atoms with Gasteiger partial charge in [-0.25, -0.2) is 15.0 Å². The normalized spacial score (nSPS) is 20.7. The predicted molar refractivity (Wildman–Crippen MR) is 74.5 cm³/mol. The molecule has 0 atom stereocenters. The average Bonchev–Trinajstić information content (AvgIpc) is 3.04. The lowest BCUT2D eigenvalue weighted by molar-refractivity contribution is 0.0813. The Morgan fingerprint density at radius 2 is 1.95 bits per heavy atom. The molecule has 7 nitrogen and oxygen atoms in total. The number of nitrogens with one attached hydrogen (secondary N) is 1. The Labute approximate surface area is 115 Å². The van der Waals surface area contributed by atoms with Gasteiger partial charge < -0.3 is 15.7 Å². The first-order chi connectivity index (χ1) is 9.74. The highest BCUT2D eigenvalue weighted by molar-refractivity contribution is 6.17. The second-order valence-corrected chi connectivity index (χ2v) is 4.54. The third kappa shape index (κ3) is 1.47. The van der Waals surface area contributed by atoms with E-state index in [4.69, 9.17) is 0 Å². The van der Waals surface area contributed by atoms with Crippen LogP contribution in [0.15, 0.2) is 64.2 Å². The van der Waals surface area contributed by atoms with Crippen LogP contribution in [-0.4, -0.2) is 33.9 Å². The smallest absolute Gasteiger partial charge is 0.180 e. The highest BCUT2D eigenvalue weighted by atomic mass is 16.5. The Hall–Kier alpha value is -2.64. The van der Waals surface area contributed by atoms with Crippen molar-refractivity contribution in [2.75, 3.05) is 7.05 Å². The van der Waals surface area contributed by atoms with Gasteiger partial charge in [0.05, 0.1) is 6.20 Å². The standard InChI is InChI=1S/C13H11N6O/c1-17-14-7-11-18(20)8-10-13(19(11)17)16-12(15-10)9-5-3-2-4-6-9/h2-8,14H,1H3/q-1. The van der Waals surface area contributed by atoms with Gasteiger partial charge in [-0.2, -0.15) is 0 Å². The number of benzene rings is 1. The lowest BCUT2D eigenvalue weighted by Crippen LogP contribution is -2.47. The first-order valence-electron chi connectivity index (χ1n) is 6.15. The summed E-state index contributed by atoms with van der Waals surface area (Å²) < 4.78 is 0. The molecule has 0 aromatic heterocycles. The third-order valence-electron chi connectivity index (χ3n) is 3.26. The molecule has 3 aliphatic rings. The molecule has 7 heteroatoms. The molecule has 4 rings (SSSR count). The summed E-state index contributed by atoms with van der Waals surface area (Å²) in [6.07, 6.45) is 3.07. The van der Waals surface area contributed by atoms with E-state index in [1.165, 1.54) is 6.20 Å². The fourth-order valence-corrected chi connectivity index (χ4v) is 2.31. The quantitative estimate of drug-likeness (QED) is 0.821. The number of amidine groups is 2. The van der Waals surface area contributed by atoms with Crippen LogP contribution < -0.4 is 5.43 Å². The van der Waals surface area contributed by atoms with Gasteiger partial charge in [0.1, 0.15) is 11.5 Å². The van der Waals surface area contributed by atoms with Crippen molar-refractivity contribution >= 4 is 11.7 Å². The number of hydroxylamine groups is 2. The van der Waals surface area contributed by atoms with Crippen LogP contribution >= 0.6 is 0 Å². The Kier molecular flexibility index (Phi) is 2.20. The van der Waals surface area contributed by atoms with E-state index in [1.807, 2.05) is 37.4 Å². The van der Waals surface area contributed by atoms with E-state index < -0.39 is 0 Å². The minimum atomic E-state index is 0.472. The van der Waals surface area contributed by atoms with Crippen LogP contribution in [-0.2, 0) is 0 Å². The fraction of sp³-hybridized carbons (Fsp3) is 0.0769. The summed E-state index contributed by atoms with van der Waals surface area (Å²) in [5, 5.41) is 16.1. The molecular weight excluding hydrogens is 256 g/mol. The average molecular weight is 267 g/mol. The molecule has 100 valence electrons. The molecule has 0 saturated heterocycles. The van der Waals surface area contributed by atoms with E-state index in [9.17, 15) is 5.21 Å². The Morgan fingerprint density at radius 3 is 2.75 bits per heavy atom. The summed E-state index contributed by atoms with van der Waals surface area (Å²) in [6, 6.07) is 9.69. The summed E-state index contributed by atoms with van der Waals surface area (Å²) in [6.45, 7) is 0. The molecule has 3 heterocycles. The van der Waals surface area contributed by atoms with E-state index in [-0.39, 0.29) is 0 Å². The van der Waals surface area contributed by atoms with Crippen LogP contribution in [0, 0.1) is 5.21 Å². The van der Waals surface area contributed by atoms with Gasteiger partial charge in [-0.15, -0.1) is 5.12 Å². The minimum Gasteiger partial charge on any atom is -0.753 e. The molecule has 3 aliphatic heterocycles.